The van der Waals surface area contributed by atoms with Crippen molar-refractivity contribution in [1.82, 2.24) is 9.97 Å². The topological polar surface area (TPSA) is 83.8 Å². The highest BCUT2D eigenvalue weighted by molar-refractivity contribution is 5.34. The molecule has 1 atom stereocenters. The molecule has 0 saturated heterocycles. The number of hydrogen-bond donors (Lipinski definition) is 3. The molecule has 0 amide bonds. The van der Waals surface area contributed by atoms with Crippen LogP contribution in [0, 0.1) is 6.92 Å². The first-order valence-electron chi connectivity index (χ1n) is 5.70. The number of aryl methyl sites for hydroxylation is 1. The average Bonchev–Trinajstić information content (AvgIpc) is 2.22. The van der Waals surface area contributed by atoms with Crippen LogP contribution in [0.25, 0.3) is 0 Å². The molecule has 0 aliphatic heterocycles. The molecule has 0 saturated carbocycles. The molecule has 0 aromatic carbocycles. The highest BCUT2D eigenvalue weighted by Crippen LogP contribution is 2.06. The van der Waals surface area contributed by atoms with E-state index in [1.165, 1.54) is 6.07 Å². The molecule has 0 bridgehead atoms. The molecule has 0 aliphatic carbocycles. The standard InChI is InChI=1S/C11H20N4O/c1-3-4-5-9(7-12)15-10-6-11(16)14-8(2)13-10/h6,9H,3-5,7,12H2,1-2H3,(H2,13,14,15,16). The van der Waals surface area contributed by atoms with E-state index in [9.17, 15) is 4.79 Å². The zero-order chi connectivity index (χ0) is 12.0. The fourth-order valence-corrected chi connectivity index (χ4v) is 1.56. The largest absolute Gasteiger partial charge is 0.366 e. The molecule has 0 radical (unpaired) electrons. The van der Waals surface area contributed by atoms with Crippen molar-refractivity contribution in [1.29, 1.82) is 0 Å². The molecule has 0 fully saturated rings. The molecule has 1 aromatic heterocycles. The van der Waals surface area contributed by atoms with Gasteiger partial charge in [0, 0.05) is 18.7 Å². The van der Waals surface area contributed by atoms with Crippen LogP contribution in [0.2, 0.25) is 0 Å². The molecule has 0 spiro atoms. The first-order valence-corrected chi connectivity index (χ1v) is 5.70. The lowest BCUT2D eigenvalue weighted by molar-refractivity contribution is 0.612. The SMILES string of the molecule is CCCCC(CN)Nc1cc(=O)[nH]c(C)n1. The van der Waals surface area contributed by atoms with Crippen LogP contribution in [0.1, 0.15) is 32.0 Å². The first kappa shape index (κ1) is 12.7. The third-order valence-electron chi connectivity index (χ3n) is 2.40. The fourth-order valence-electron chi connectivity index (χ4n) is 1.56. The van der Waals surface area contributed by atoms with Crippen LogP contribution in [0.4, 0.5) is 5.82 Å². The van der Waals surface area contributed by atoms with Gasteiger partial charge in [0.25, 0.3) is 5.56 Å². The molecular formula is C11H20N4O. The fraction of sp³-hybridized carbons (Fsp3) is 0.636. The van der Waals surface area contributed by atoms with E-state index in [0.29, 0.717) is 18.2 Å². The van der Waals surface area contributed by atoms with E-state index >= 15 is 0 Å². The van der Waals surface area contributed by atoms with Crippen molar-refractivity contribution in [2.45, 2.75) is 39.2 Å². The number of nitrogens with two attached hydrogens (primary N) is 1. The Balaban J connectivity index is 2.66. The van der Waals surface area contributed by atoms with Crippen LogP contribution in [0.5, 0.6) is 0 Å². The van der Waals surface area contributed by atoms with Gasteiger partial charge in [-0.05, 0) is 13.3 Å². The predicted molar refractivity (Wildman–Crippen MR) is 65.6 cm³/mol. The Bertz CT molecular complexity index is 374. The van der Waals surface area contributed by atoms with Crippen LogP contribution >= 0.6 is 0 Å². The molecule has 16 heavy (non-hydrogen) atoms. The minimum atomic E-state index is -0.138. The van der Waals surface area contributed by atoms with Gasteiger partial charge in [0.05, 0.1) is 0 Å². The zero-order valence-electron chi connectivity index (χ0n) is 9.92. The second kappa shape index (κ2) is 6.27. The van der Waals surface area contributed by atoms with E-state index in [2.05, 4.69) is 22.2 Å². The second-order valence-corrected chi connectivity index (χ2v) is 3.94. The molecule has 1 heterocycles. The summed E-state index contributed by atoms with van der Waals surface area (Å²) in [6.07, 6.45) is 3.26. The van der Waals surface area contributed by atoms with Gasteiger partial charge in [-0.1, -0.05) is 19.8 Å². The van der Waals surface area contributed by atoms with Gasteiger partial charge < -0.3 is 16.0 Å². The van der Waals surface area contributed by atoms with Crippen molar-refractivity contribution in [3.05, 3.63) is 22.2 Å². The van der Waals surface area contributed by atoms with E-state index in [-0.39, 0.29) is 11.6 Å². The maximum atomic E-state index is 11.2. The average molecular weight is 224 g/mol. The quantitative estimate of drug-likeness (QED) is 0.673. The van der Waals surface area contributed by atoms with E-state index in [0.717, 1.165) is 19.3 Å². The van der Waals surface area contributed by atoms with Gasteiger partial charge in [-0.2, -0.15) is 0 Å². The lowest BCUT2D eigenvalue weighted by atomic mass is 10.1. The molecular weight excluding hydrogens is 204 g/mol. The van der Waals surface area contributed by atoms with Crippen LogP contribution in [0.3, 0.4) is 0 Å². The smallest absolute Gasteiger partial charge is 0.252 e. The van der Waals surface area contributed by atoms with Gasteiger partial charge in [0.2, 0.25) is 0 Å². The van der Waals surface area contributed by atoms with Crippen molar-refractivity contribution in [3.63, 3.8) is 0 Å². The summed E-state index contributed by atoms with van der Waals surface area (Å²) >= 11 is 0. The van der Waals surface area contributed by atoms with Crippen LogP contribution in [-0.2, 0) is 0 Å². The predicted octanol–water partition coefficient (Wildman–Crippen LogP) is 1.01. The van der Waals surface area contributed by atoms with Gasteiger partial charge in [0.15, 0.2) is 0 Å². The summed E-state index contributed by atoms with van der Waals surface area (Å²) in [5.74, 6) is 1.22. The summed E-state index contributed by atoms with van der Waals surface area (Å²) in [4.78, 5) is 18.0. The van der Waals surface area contributed by atoms with Crippen molar-refractivity contribution >= 4 is 5.82 Å². The third-order valence-corrected chi connectivity index (χ3v) is 2.40. The molecule has 5 heteroatoms. The minimum Gasteiger partial charge on any atom is -0.366 e. The number of rotatable bonds is 6. The highest BCUT2D eigenvalue weighted by atomic mass is 16.1. The van der Waals surface area contributed by atoms with E-state index in [4.69, 9.17) is 5.73 Å². The first-order chi connectivity index (χ1) is 7.65. The Labute approximate surface area is 95.5 Å². The van der Waals surface area contributed by atoms with Crippen molar-refractivity contribution < 1.29 is 0 Å². The number of anilines is 1. The Morgan fingerprint density at radius 3 is 2.94 bits per heavy atom. The summed E-state index contributed by atoms with van der Waals surface area (Å²) in [5.41, 5.74) is 5.52. The van der Waals surface area contributed by atoms with Crippen LogP contribution in [0.15, 0.2) is 10.9 Å². The van der Waals surface area contributed by atoms with Crippen molar-refractivity contribution in [2.75, 3.05) is 11.9 Å². The number of nitrogens with one attached hydrogen (secondary N) is 2. The van der Waals surface area contributed by atoms with Gasteiger partial charge in [-0.25, -0.2) is 4.98 Å². The van der Waals surface area contributed by atoms with Crippen LogP contribution < -0.4 is 16.6 Å². The van der Waals surface area contributed by atoms with E-state index < -0.39 is 0 Å². The number of nitrogens with zero attached hydrogens (tertiary/aromatic N) is 1. The maximum absolute atomic E-state index is 11.2. The summed E-state index contributed by atoms with van der Waals surface area (Å²) < 4.78 is 0. The lowest BCUT2D eigenvalue weighted by Crippen LogP contribution is -2.30. The summed E-state index contributed by atoms with van der Waals surface area (Å²) in [6.45, 7) is 4.45. The molecule has 5 nitrogen and oxygen atoms in total. The molecule has 1 aromatic rings. The van der Waals surface area contributed by atoms with Gasteiger partial charge in [-0.15, -0.1) is 0 Å². The number of aromatic nitrogens is 2. The highest BCUT2D eigenvalue weighted by Gasteiger charge is 2.07. The van der Waals surface area contributed by atoms with Crippen LogP contribution in [-0.4, -0.2) is 22.6 Å². The van der Waals surface area contributed by atoms with Crippen molar-refractivity contribution in [2.24, 2.45) is 5.73 Å². The third kappa shape index (κ3) is 4.02. The monoisotopic (exact) mass is 224 g/mol. The Kier molecular flexibility index (Phi) is 4.98. The minimum absolute atomic E-state index is 0.138. The second-order valence-electron chi connectivity index (χ2n) is 3.94. The van der Waals surface area contributed by atoms with Gasteiger partial charge in [-0.3, -0.25) is 4.79 Å². The molecule has 0 aliphatic rings. The molecule has 1 rings (SSSR count). The Hall–Kier alpha value is -1.36. The summed E-state index contributed by atoms with van der Waals surface area (Å²) in [6, 6.07) is 1.65. The maximum Gasteiger partial charge on any atom is 0.252 e. The van der Waals surface area contributed by atoms with Gasteiger partial charge in [0.1, 0.15) is 11.6 Å². The number of aromatic amines is 1. The number of hydrogen-bond acceptors (Lipinski definition) is 4. The van der Waals surface area contributed by atoms with Gasteiger partial charge >= 0.3 is 0 Å². The lowest BCUT2D eigenvalue weighted by Gasteiger charge is -2.16. The Morgan fingerprint density at radius 2 is 2.38 bits per heavy atom. The molecule has 90 valence electrons. The van der Waals surface area contributed by atoms with E-state index in [1.807, 2.05) is 0 Å². The number of H-pyrrole nitrogens is 1. The van der Waals surface area contributed by atoms with E-state index in [1.54, 1.807) is 6.92 Å². The molecule has 1 unspecified atom stereocenters. The summed E-state index contributed by atoms with van der Waals surface area (Å²) in [7, 11) is 0. The zero-order valence-corrected chi connectivity index (χ0v) is 9.92. The Morgan fingerprint density at radius 1 is 1.62 bits per heavy atom. The molecule has 4 N–H and O–H groups in total. The summed E-state index contributed by atoms with van der Waals surface area (Å²) in [5, 5.41) is 3.19. The number of unbranched alkanes of at least 4 members (excludes halogenated alkanes) is 1. The van der Waals surface area contributed by atoms with Crippen molar-refractivity contribution in [3.8, 4) is 0 Å². The normalized spacial score (nSPS) is 12.4.